The number of rotatable bonds is 1. The van der Waals surface area contributed by atoms with E-state index in [1.807, 2.05) is 0 Å². The minimum atomic E-state index is -4.40. The lowest BCUT2D eigenvalue weighted by Gasteiger charge is -2.08. The van der Waals surface area contributed by atoms with Gasteiger partial charge in [0.25, 0.3) is 0 Å². The van der Waals surface area contributed by atoms with Crippen LogP contribution in [-0.2, 0) is 6.18 Å². The monoisotopic (exact) mass is 220 g/mol. The summed E-state index contributed by atoms with van der Waals surface area (Å²) in [5.74, 6) is -0.302. The summed E-state index contributed by atoms with van der Waals surface area (Å²) >= 11 is 3.82. The van der Waals surface area contributed by atoms with E-state index in [1.165, 1.54) is 6.92 Å². The Morgan fingerprint density at radius 2 is 1.93 bits per heavy atom. The molecule has 0 aliphatic heterocycles. The second-order valence-electron chi connectivity index (χ2n) is 2.79. The Labute approximate surface area is 84.3 Å². The number of ketones is 1. The second-order valence-corrected chi connectivity index (χ2v) is 3.27. The molecule has 0 heterocycles. The van der Waals surface area contributed by atoms with Crippen molar-refractivity contribution in [2.24, 2.45) is 0 Å². The Morgan fingerprint density at radius 3 is 2.29 bits per heavy atom. The Balaban J connectivity index is 3.20. The molecule has 1 aromatic carbocycles. The van der Waals surface area contributed by atoms with Gasteiger partial charge in [-0.3, -0.25) is 4.79 Å². The summed E-state index contributed by atoms with van der Waals surface area (Å²) in [5, 5.41) is 0. The normalized spacial score (nSPS) is 11.5. The molecule has 0 aliphatic carbocycles. The van der Waals surface area contributed by atoms with Gasteiger partial charge in [0.1, 0.15) is 0 Å². The lowest BCUT2D eigenvalue weighted by molar-refractivity contribution is -0.137. The zero-order chi connectivity index (χ0) is 10.9. The van der Waals surface area contributed by atoms with Crippen molar-refractivity contribution >= 4 is 18.4 Å². The van der Waals surface area contributed by atoms with Crippen LogP contribution >= 0.6 is 12.6 Å². The van der Waals surface area contributed by atoms with Crippen molar-refractivity contribution in [3.8, 4) is 0 Å². The van der Waals surface area contributed by atoms with E-state index in [0.717, 1.165) is 18.2 Å². The summed E-state index contributed by atoms with van der Waals surface area (Å²) in [6.45, 7) is 1.28. The predicted octanol–water partition coefficient (Wildman–Crippen LogP) is 3.20. The van der Waals surface area contributed by atoms with Crippen molar-refractivity contribution in [2.45, 2.75) is 18.0 Å². The molecule has 1 nitrogen and oxygen atoms in total. The molecular weight excluding hydrogens is 213 g/mol. The Kier molecular flexibility index (Phi) is 2.89. The van der Waals surface area contributed by atoms with Crippen LogP contribution in [-0.4, -0.2) is 5.78 Å². The Hall–Kier alpha value is -0.970. The van der Waals surface area contributed by atoms with Crippen LogP contribution in [0.2, 0.25) is 0 Å². The van der Waals surface area contributed by atoms with E-state index in [2.05, 4.69) is 12.6 Å². The molecule has 0 amide bonds. The van der Waals surface area contributed by atoms with E-state index >= 15 is 0 Å². The van der Waals surface area contributed by atoms with Gasteiger partial charge in [-0.25, -0.2) is 0 Å². The van der Waals surface area contributed by atoms with Crippen molar-refractivity contribution in [2.75, 3.05) is 0 Å². The topological polar surface area (TPSA) is 17.1 Å². The van der Waals surface area contributed by atoms with Gasteiger partial charge in [0.2, 0.25) is 0 Å². The average Bonchev–Trinajstić information content (AvgIpc) is 2.01. The molecule has 76 valence electrons. The zero-order valence-corrected chi connectivity index (χ0v) is 8.12. The maximum atomic E-state index is 12.2. The summed E-state index contributed by atoms with van der Waals surface area (Å²) in [6.07, 6.45) is -4.40. The molecule has 0 aliphatic rings. The van der Waals surface area contributed by atoms with Gasteiger partial charge in [-0.2, -0.15) is 13.2 Å². The van der Waals surface area contributed by atoms with Gasteiger partial charge < -0.3 is 0 Å². The molecule has 0 bridgehead atoms. The fourth-order valence-corrected chi connectivity index (χ4v) is 1.38. The van der Waals surface area contributed by atoms with Gasteiger partial charge in [-0.1, -0.05) is 0 Å². The standard InChI is InChI=1S/C9H7F3OS/c1-5(13)7-3-2-6(4-8(7)14)9(10,11)12/h2-4,14H,1H3. The number of Topliss-reactive ketones (excluding diaryl/α,β-unsaturated/α-hetero) is 1. The first-order valence-corrected chi connectivity index (χ1v) is 4.18. The van der Waals surface area contributed by atoms with Crippen molar-refractivity contribution in [1.82, 2.24) is 0 Å². The largest absolute Gasteiger partial charge is 0.416 e. The fourth-order valence-electron chi connectivity index (χ4n) is 1.01. The first-order chi connectivity index (χ1) is 6.32. The van der Waals surface area contributed by atoms with Crippen LogP contribution < -0.4 is 0 Å². The number of carbonyl (C=O) groups is 1. The van der Waals surface area contributed by atoms with Crippen molar-refractivity contribution in [3.05, 3.63) is 29.3 Å². The molecule has 0 aromatic heterocycles. The van der Waals surface area contributed by atoms with Crippen molar-refractivity contribution in [3.63, 3.8) is 0 Å². The SMILES string of the molecule is CC(=O)c1ccc(C(F)(F)F)cc1S. The highest BCUT2D eigenvalue weighted by molar-refractivity contribution is 7.80. The summed E-state index contributed by atoms with van der Waals surface area (Å²) in [6, 6.07) is 2.85. The minimum Gasteiger partial charge on any atom is -0.294 e. The number of hydrogen-bond donors (Lipinski definition) is 1. The third-order valence-corrected chi connectivity index (χ3v) is 2.07. The van der Waals surface area contributed by atoms with Crippen LogP contribution in [0.3, 0.4) is 0 Å². The molecule has 0 atom stereocenters. The first-order valence-electron chi connectivity index (χ1n) is 3.73. The van der Waals surface area contributed by atoms with Crippen LogP contribution in [0, 0.1) is 0 Å². The molecule has 0 spiro atoms. The number of benzene rings is 1. The summed E-state index contributed by atoms with van der Waals surface area (Å²) in [7, 11) is 0. The molecule has 14 heavy (non-hydrogen) atoms. The minimum absolute atomic E-state index is 0.0484. The van der Waals surface area contributed by atoms with Gasteiger partial charge in [-0.15, -0.1) is 12.6 Å². The molecule has 0 saturated carbocycles. The molecular formula is C9H7F3OS. The number of thiol groups is 1. The van der Waals surface area contributed by atoms with Crippen LogP contribution in [0.25, 0.3) is 0 Å². The predicted molar refractivity (Wildman–Crippen MR) is 48.7 cm³/mol. The van der Waals surface area contributed by atoms with Crippen LogP contribution in [0.15, 0.2) is 23.1 Å². The van der Waals surface area contributed by atoms with E-state index in [9.17, 15) is 18.0 Å². The summed E-state index contributed by atoms with van der Waals surface area (Å²) in [5.41, 5.74) is -0.603. The highest BCUT2D eigenvalue weighted by Gasteiger charge is 2.30. The molecule has 0 radical (unpaired) electrons. The number of halogens is 3. The molecule has 0 unspecified atom stereocenters. The van der Waals surface area contributed by atoms with E-state index in [1.54, 1.807) is 0 Å². The molecule has 0 fully saturated rings. The molecule has 1 aromatic rings. The van der Waals surface area contributed by atoms with Gasteiger partial charge in [-0.05, 0) is 25.1 Å². The maximum Gasteiger partial charge on any atom is 0.416 e. The average molecular weight is 220 g/mol. The zero-order valence-electron chi connectivity index (χ0n) is 7.22. The number of alkyl halides is 3. The van der Waals surface area contributed by atoms with Crippen LogP contribution in [0.5, 0.6) is 0 Å². The second kappa shape index (κ2) is 3.65. The summed E-state index contributed by atoms with van der Waals surface area (Å²) in [4.78, 5) is 10.9. The number of hydrogen-bond acceptors (Lipinski definition) is 2. The molecule has 1 rings (SSSR count). The van der Waals surface area contributed by atoms with Gasteiger partial charge in [0, 0.05) is 10.5 Å². The lowest BCUT2D eigenvalue weighted by atomic mass is 10.1. The molecule has 5 heteroatoms. The smallest absolute Gasteiger partial charge is 0.294 e. The molecule has 0 saturated heterocycles. The van der Waals surface area contributed by atoms with Crippen molar-refractivity contribution in [1.29, 1.82) is 0 Å². The van der Waals surface area contributed by atoms with Gasteiger partial charge in [0.15, 0.2) is 5.78 Å². The van der Waals surface area contributed by atoms with E-state index in [4.69, 9.17) is 0 Å². The maximum absolute atomic E-state index is 12.2. The van der Waals surface area contributed by atoms with E-state index in [-0.39, 0.29) is 16.2 Å². The Bertz CT molecular complexity index is 371. The third-order valence-electron chi connectivity index (χ3n) is 1.70. The fraction of sp³-hybridized carbons (Fsp3) is 0.222. The van der Waals surface area contributed by atoms with Crippen molar-refractivity contribution < 1.29 is 18.0 Å². The van der Waals surface area contributed by atoms with Crippen LogP contribution in [0.4, 0.5) is 13.2 Å². The lowest BCUT2D eigenvalue weighted by Crippen LogP contribution is -2.06. The number of carbonyl (C=O) groups excluding carboxylic acids is 1. The van der Waals surface area contributed by atoms with Crippen LogP contribution in [0.1, 0.15) is 22.8 Å². The van der Waals surface area contributed by atoms with Gasteiger partial charge >= 0.3 is 6.18 Å². The highest BCUT2D eigenvalue weighted by Crippen LogP contribution is 2.31. The quantitative estimate of drug-likeness (QED) is 0.568. The summed E-state index contributed by atoms with van der Waals surface area (Å²) < 4.78 is 36.5. The first kappa shape index (κ1) is 11.1. The Morgan fingerprint density at radius 1 is 1.36 bits per heavy atom. The van der Waals surface area contributed by atoms with E-state index in [0.29, 0.717) is 0 Å². The highest BCUT2D eigenvalue weighted by atomic mass is 32.1. The van der Waals surface area contributed by atoms with E-state index < -0.39 is 11.7 Å². The molecule has 0 N–H and O–H groups in total. The van der Waals surface area contributed by atoms with Gasteiger partial charge in [0.05, 0.1) is 5.56 Å². The third kappa shape index (κ3) is 2.29.